The molecule has 2 atom stereocenters. The summed E-state index contributed by atoms with van der Waals surface area (Å²) >= 11 is 18.7. The molecule has 3 nitrogen and oxygen atoms in total. The Bertz CT molecular complexity index is 483. The van der Waals surface area contributed by atoms with E-state index < -0.39 is 3.79 Å². The largest absolute Gasteiger partial charge is 0.377 e. The van der Waals surface area contributed by atoms with Gasteiger partial charge in [-0.05, 0) is 50.8 Å². The van der Waals surface area contributed by atoms with E-state index in [1.54, 1.807) is 0 Å². The summed E-state index contributed by atoms with van der Waals surface area (Å²) in [6, 6.07) is 7.89. The monoisotopic (exact) mass is 428 g/mol. The summed E-state index contributed by atoms with van der Waals surface area (Å²) in [5.41, 5.74) is 2.16. The Labute approximate surface area is 172 Å². The normalized spacial score (nSPS) is 19.2. The van der Waals surface area contributed by atoms with E-state index in [0.29, 0.717) is 6.54 Å². The van der Waals surface area contributed by atoms with Crippen LogP contribution < -0.4 is 10.2 Å². The highest BCUT2D eigenvalue weighted by atomic mass is 35.6. The van der Waals surface area contributed by atoms with Crippen molar-refractivity contribution in [1.29, 1.82) is 0 Å². The van der Waals surface area contributed by atoms with Gasteiger partial charge in [0.15, 0.2) is 0 Å². The number of anilines is 1. The lowest BCUT2D eigenvalue weighted by Gasteiger charge is -2.30. The summed E-state index contributed by atoms with van der Waals surface area (Å²) in [5.74, 6) is 0. The highest BCUT2D eigenvalue weighted by Gasteiger charge is 2.34. The smallest absolute Gasteiger partial charge is 0.209 e. The van der Waals surface area contributed by atoms with Crippen molar-refractivity contribution in [2.45, 2.75) is 49.0 Å². The van der Waals surface area contributed by atoms with Crippen LogP contribution in [-0.4, -0.2) is 36.1 Å². The molecule has 1 N–H and O–H groups in total. The van der Waals surface area contributed by atoms with Crippen LogP contribution in [0.5, 0.6) is 0 Å². The minimum atomic E-state index is -1.41. The zero-order valence-electron chi connectivity index (χ0n) is 14.8. The van der Waals surface area contributed by atoms with Gasteiger partial charge in [-0.2, -0.15) is 0 Å². The molecular formula is C18H28Cl4N2O. The second kappa shape index (κ2) is 11.1. The van der Waals surface area contributed by atoms with Crippen molar-refractivity contribution in [3.63, 3.8) is 0 Å². The third-order valence-corrected chi connectivity index (χ3v) is 5.16. The van der Waals surface area contributed by atoms with Gasteiger partial charge >= 0.3 is 0 Å². The van der Waals surface area contributed by atoms with Crippen LogP contribution in [0, 0.1) is 0 Å². The lowest BCUT2D eigenvalue weighted by molar-refractivity contribution is 0.0154. The summed E-state index contributed by atoms with van der Waals surface area (Å²) < 4.78 is 4.35. The molecule has 1 saturated heterocycles. The topological polar surface area (TPSA) is 24.5 Å². The lowest BCUT2D eigenvalue weighted by Crippen LogP contribution is -2.39. The average molecular weight is 430 g/mol. The first-order valence-corrected chi connectivity index (χ1v) is 9.85. The van der Waals surface area contributed by atoms with Gasteiger partial charge in [-0.3, -0.25) is 0 Å². The van der Waals surface area contributed by atoms with Crippen LogP contribution in [0.15, 0.2) is 24.3 Å². The first-order chi connectivity index (χ1) is 11.5. The fourth-order valence-corrected chi connectivity index (χ4v) is 3.72. The molecule has 0 aromatic heterocycles. The molecule has 1 aromatic carbocycles. The Morgan fingerprint density at radius 2 is 1.80 bits per heavy atom. The van der Waals surface area contributed by atoms with Gasteiger partial charge in [-0.25, -0.2) is 0 Å². The standard InChI is InChI=1S/C18H27Cl3N2O.ClH/c1-3-23(4-2)15-10-8-14(9-11-15)17(18(19,20)21)22-13-16-7-5-6-12-24-16;/h8-11,16-17,22H,3-7,12-13H2,1-2H3;1H. The van der Waals surface area contributed by atoms with Crippen LogP contribution in [0.25, 0.3) is 0 Å². The van der Waals surface area contributed by atoms with Gasteiger partial charge in [0.05, 0.1) is 12.1 Å². The molecule has 0 amide bonds. The first-order valence-electron chi connectivity index (χ1n) is 8.72. The van der Waals surface area contributed by atoms with Gasteiger partial charge in [0.2, 0.25) is 3.79 Å². The molecule has 144 valence electrons. The molecular weight excluding hydrogens is 402 g/mol. The van der Waals surface area contributed by atoms with E-state index in [-0.39, 0.29) is 24.6 Å². The number of hydrogen-bond donors (Lipinski definition) is 1. The number of nitrogens with zero attached hydrogens (tertiary/aromatic N) is 1. The van der Waals surface area contributed by atoms with Gasteiger partial charge in [-0.15, -0.1) is 12.4 Å². The number of alkyl halides is 3. The molecule has 1 aromatic rings. The highest BCUT2D eigenvalue weighted by molar-refractivity contribution is 6.68. The van der Waals surface area contributed by atoms with E-state index in [1.165, 1.54) is 12.1 Å². The predicted octanol–water partition coefficient (Wildman–Crippen LogP) is 5.52. The number of nitrogens with one attached hydrogen (secondary N) is 1. The predicted molar refractivity (Wildman–Crippen MR) is 112 cm³/mol. The molecule has 1 aliphatic heterocycles. The van der Waals surface area contributed by atoms with Crippen molar-refractivity contribution in [3.05, 3.63) is 29.8 Å². The highest BCUT2D eigenvalue weighted by Crippen LogP contribution is 2.40. The van der Waals surface area contributed by atoms with Gasteiger partial charge in [0, 0.05) is 31.9 Å². The van der Waals surface area contributed by atoms with E-state index >= 15 is 0 Å². The van der Waals surface area contributed by atoms with Crippen LogP contribution in [0.2, 0.25) is 0 Å². The Kier molecular flexibility index (Phi) is 10.2. The molecule has 1 heterocycles. The molecule has 0 bridgehead atoms. The van der Waals surface area contributed by atoms with Gasteiger partial charge in [-0.1, -0.05) is 46.9 Å². The van der Waals surface area contributed by atoms with E-state index in [4.69, 9.17) is 39.5 Å². The Balaban J connectivity index is 0.00000312. The number of hydrogen-bond acceptors (Lipinski definition) is 3. The van der Waals surface area contributed by atoms with E-state index in [0.717, 1.165) is 38.1 Å². The van der Waals surface area contributed by atoms with Crippen LogP contribution >= 0.6 is 47.2 Å². The molecule has 0 aliphatic carbocycles. The molecule has 0 radical (unpaired) electrons. The summed E-state index contributed by atoms with van der Waals surface area (Å²) in [5, 5.41) is 3.39. The minimum absolute atomic E-state index is 0. The van der Waals surface area contributed by atoms with Gasteiger partial charge in [0.25, 0.3) is 0 Å². The Morgan fingerprint density at radius 3 is 2.28 bits per heavy atom. The molecule has 25 heavy (non-hydrogen) atoms. The van der Waals surface area contributed by atoms with Crippen LogP contribution in [0.3, 0.4) is 0 Å². The number of ether oxygens (including phenoxy) is 1. The number of benzene rings is 1. The van der Waals surface area contributed by atoms with Crippen molar-refractivity contribution >= 4 is 52.9 Å². The lowest BCUT2D eigenvalue weighted by atomic mass is 10.1. The second-order valence-electron chi connectivity index (χ2n) is 6.14. The molecule has 0 saturated carbocycles. The molecule has 2 unspecified atom stereocenters. The number of rotatable bonds is 7. The summed E-state index contributed by atoms with van der Waals surface area (Å²) in [6.45, 7) is 7.75. The summed E-state index contributed by atoms with van der Waals surface area (Å²) in [7, 11) is 0. The molecule has 0 spiro atoms. The fourth-order valence-electron chi connectivity index (χ4n) is 3.11. The maximum Gasteiger partial charge on any atom is 0.209 e. The zero-order valence-corrected chi connectivity index (χ0v) is 17.9. The van der Waals surface area contributed by atoms with E-state index in [9.17, 15) is 0 Å². The molecule has 1 fully saturated rings. The van der Waals surface area contributed by atoms with Crippen LogP contribution in [0.1, 0.15) is 44.7 Å². The Hall–Kier alpha value is 0.1000. The third kappa shape index (κ3) is 6.97. The van der Waals surface area contributed by atoms with Gasteiger partial charge in [0.1, 0.15) is 0 Å². The van der Waals surface area contributed by atoms with Crippen LogP contribution in [-0.2, 0) is 4.74 Å². The second-order valence-corrected chi connectivity index (χ2v) is 8.50. The number of halogens is 4. The summed E-state index contributed by atoms with van der Waals surface area (Å²) in [6.07, 6.45) is 3.59. The maximum absolute atomic E-state index is 6.23. The SMILES string of the molecule is CCN(CC)c1ccc(C(NCC2CCCCO2)C(Cl)(Cl)Cl)cc1.Cl. The third-order valence-electron chi connectivity index (χ3n) is 4.51. The maximum atomic E-state index is 6.23. The Morgan fingerprint density at radius 1 is 1.16 bits per heavy atom. The first kappa shape index (κ1) is 23.1. The molecule has 1 aliphatic rings. The molecule has 7 heteroatoms. The van der Waals surface area contributed by atoms with Gasteiger partial charge < -0.3 is 15.0 Å². The molecule has 2 rings (SSSR count). The zero-order chi connectivity index (χ0) is 17.6. The van der Waals surface area contributed by atoms with Crippen molar-refractivity contribution in [1.82, 2.24) is 5.32 Å². The van der Waals surface area contributed by atoms with Crippen molar-refractivity contribution in [3.8, 4) is 0 Å². The van der Waals surface area contributed by atoms with Crippen molar-refractivity contribution in [2.24, 2.45) is 0 Å². The minimum Gasteiger partial charge on any atom is -0.377 e. The van der Waals surface area contributed by atoms with Crippen molar-refractivity contribution < 1.29 is 4.74 Å². The quantitative estimate of drug-likeness (QED) is 0.577. The summed E-state index contributed by atoms with van der Waals surface area (Å²) in [4.78, 5) is 2.29. The average Bonchev–Trinajstić information content (AvgIpc) is 2.57. The fraction of sp³-hybridized carbons (Fsp3) is 0.667. The van der Waals surface area contributed by atoms with E-state index in [2.05, 4.69) is 36.2 Å². The van der Waals surface area contributed by atoms with Crippen LogP contribution in [0.4, 0.5) is 5.69 Å². The van der Waals surface area contributed by atoms with E-state index in [1.807, 2.05) is 12.1 Å². The van der Waals surface area contributed by atoms with Crippen molar-refractivity contribution in [2.75, 3.05) is 31.1 Å².